The number of amides is 1. The average molecular weight is 324 g/mol. The third-order valence-corrected chi connectivity index (χ3v) is 3.18. The van der Waals surface area contributed by atoms with Crippen LogP contribution in [0.3, 0.4) is 0 Å². The van der Waals surface area contributed by atoms with Gasteiger partial charge in [0.1, 0.15) is 0 Å². The number of hydrogen-bond donors (Lipinski definition) is 1. The summed E-state index contributed by atoms with van der Waals surface area (Å²) >= 11 is 6.01. The highest BCUT2D eigenvalue weighted by Gasteiger charge is 2.21. The second-order valence-corrected chi connectivity index (χ2v) is 6.57. The highest BCUT2D eigenvalue weighted by Crippen LogP contribution is 2.17. The summed E-state index contributed by atoms with van der Waals surface area (Å²) in [5.41, 5.74) is 1.39. The Morgan fingerprint density at radius 1 is 1.32 bits per heavy atom. The molecule has 120 valence electrons. The van der Waals surface area contributed by atoms with E-state index >= 15 is 0 Å². The molecular formula is C17H22ClNO3. The lowest BCUT2D eigenvalue weighted by Crippen LogP contribution is -2.46. The molecule has 1 amide bonds. The molecule has 1 rings (SSSR count). The summed E-state index contributed by atoms with van der Waals surface area (Å²) in [5.74, 6) is -0.902. The van der Waals surface area contributed by atoms with Crippen LogP contribution in [-0.4, -0.2) is 23.5 Å². The number of aryl methyl sites for hydroxylation is 1. The predicted molar refractivity (Wildman–Crippen MR) is 88.7 cm³/mol. The number of carbonyl (C=O) groups is 2. The van der Waals surface area contributed by atoms with Gasteiger partial charge in [0, 0.05) is 16.6 Å². The maximum atomic E-state index is 11.8. The van der Waals surface area contributed by atoms with E-state index in [2.05, 4.69) is 5.32 Å². The molecule has 0 aromatic heterocycles. The molecule has 4 nitrogen and oxygen atoms in total. The summed E-state index contributed by atoms with van der Waals surface area (Å²) in [5, 5.41) is 3.39. The van der Waals surface area contributed by atoms with E-state index in [1.54, 1.807) is 12.1 Å². The van der Waals surface area contributed by atoms with Gasteiger partial charge in [0.2, 0.25) is 0 Å². The van der Waals surface area contributed by atoms with E-state index in [4.69, 9.17) is 16.3 Å². The van der Waals surface area contributed by atoms with Crippen molar-refractivity contribution in [3.05, 3.63) is 40.4 Å². The second kappa shape index (κ2) is 7.45. The van der Waals surface area contributed by atoms with Crippen molar-refractivity contribution in [2.45, 2.75) is 46.3 Å². The normalized spacial score (nSPS) is 13.0. The lowest BCUT2D eigenvalue weighted by Gasteiger charge is -2.22. The van der Waals surface area contributed by atoms with Crippen molar-refractivity contribution in [1.82, 2.24) is 5.32 Å². The van der Waals surface area contributed by atoms with Gasteiger partial charge in [0.05, 0.1) is 0 Å². The van der Waals surface area contributed by atoms with Crippen LogP contribution in [0.4, 0.5) is 0 Å². The molecule has 0 fully saturated rings. The Balaban J connectivity index is 2.60. The van der Waals surface area contributed by atoms with Crippen molar-refractivity contribution in [2.75, 3.05) is 0 Å². The van der Waals surface area contributed by atoms with Crippen LogP contribution in [-0.2, 0) is 14.3 Å². The van der Waals surface area contributed by atoms with E-state index in [1.165, 1.54) is 13.0 Å². The van der Waals surface area contributed by atoms with Crippen LogP contribution >= 0.6 is 11.6 Å². The van der Waals surface area contributed by atoms with Crippen LogP contribution in [0.25, 0.3) is 6.08 Å². The van der Waals surface area contributed by atoms with Crippen molar-refractivity contribution < 1.29 is 14.3 Å². The number of ether oxygens (including phenoxy) is 1. The van der Waals surface area contributed by atoms with E-state index in [-0.39, 0.29) is 11.4 Å². The standard InChI is InChI=1S/C17H22ClNO3/c1-11-6-7-13(10-14(11)18)8-9-15(20)22-12(2)16(21)19-17(3,4)5/h6-10,12H,1-5H3,(H,19,21)/b9-8+/t12-/m1/s1. The van der Waals surface area contributed by atoms with Gasteiger partial charge in [-0.15, -0.1) is 0 Å². The largest absolute Gasteiger partial charge is 0.449 e. The summed E-state index contributed by atoms with van der Waals surface area (Å²) in [4.78, 5) is 23.5. The molecule has 0 bridgehead atoms. The van der Waals surface area contributed by atoms with Crippen LogP contribution < -0.4 is 5.32 Å². The summed E-state index contributed by atoms with van der Waals surface area (Å²) in [6.07, 6.45) is 2.03. The third-order valence-electron chi connectivity index (χ3n) is 2.77. The molecule has 5 heteroatoms. The molecule has 0 saturated heterocycles. The summed E-state index contributed by atoms with van der Waals surface area (Å²) in [7, 11) is 0. The highest BCUT2D eigenvalue weighted by atomic mass is 35.5. The molecule has 0 saturated carbocycles. The van der Waals surface area contributed by atoms with Gasteiger partial charge >= 0.3 is 5.97 Å². The Hall–Kier alpha value is -1.81. The smallest absolute Gasteiger partial charge is 0.331 e. The summed E-state index contributed by atoms with van der Waals surface area (Å²) < 4.78 is 5.06. The lowest BCUT2D eigenvalue weighted by atomic mass is 10.1. The minimum absolute atomic E-state index is 0.326. The quantitative estimate of drug-likeness (QED) is 0.681. The Kier molecular flexibility index (Phi) is 6.18. The Morgan fingerprint density at radius 2 is 1.95 bits per heavy atom. The molecule has 22 heavy (non-hydrogen) atoms. The van der Waals surface area contributed by atoms with E-state index < -0.39 is 12.1 Å². The minimum atomic E-state index is -0.849. The molecular weight excluding hydrogens is 302 g/mol. The Labute approximate surface area is 136 Å². The van der Waals surface area contributed by atoms with Crippen molar-refractivity contribution >= 4 is 29.6 Å². The van der Waals surface area contributed by atoms with Gasteiger partial charge in [-0.05, 0) is 57.9 Å². The number of hydrogen-bond acceptors (Lipinski definition) is 3. The molecule has 0 spiro atoms. The van der Waals surface area contributed by atoms with E-state index in [1.807, 2.05) is 39.8 Å². The zero-order valence-electron chi connectivity index (χ0n) is 13.6. The topological polar surface area (TPSA) is 55.4 Å². The van der Waals surface area contributed by atoms with Crippen LogP contribution in [0.2, 0.25) is 5.02 Å². The van der Waals surface area contributed by atoms with Crippen molar-refractivity contribution in [1.29, 1.82) is 0 Å². The van der Waals surface area contributed by atoms with Crippen molar-refractivity contribution in [2.24, 2.45) is 0 Å². The zero-order chi connectivity index (χ0) is 16.9. The van der Waals surface area contributed by atoms with Gasteiger partial charge in [-0.3, -0.25) is 4.79 Å². The number of nitrogens with one attached hydrogen (secondary N) is 1. The Bertz CT molecular complexity index is 588. The molecule has 0 heterocycles. The maximum absolute atomic E-state index is 11.8. The van der Waals surface area contributed by atoms with Gasteiger partial charge < -0.3 is 10.1 Å². The van der Waals surface area contributed by atoms with Crippen LogP contribution in [0, 0.1) is 6.92 Å². The Morgan fingerprint density at radius 3 is 2.50 bits per heavy atom. The molecule has 1 aromatic rings. The molecule has 1 atom stereocenters. The van der Waals surface area contributed by atoms with Crippen LogP contribution in [0.1, 0.15) is 38.8 Å². The zero-order valence-corrected chi connectivity index (χ0v) is 14.3. The first-order valence-electron chi connectivity index (χ1n) is 7.05. The molecule has 0 unspecified atom stereocenters. The van der Waals surface area contributed by atoms with E-state index in [0.717, 1.165) is 11.1 Å². The number of halogens is 1. The van der Waals surface area contributed by atoms with E-state index in [9.17, 15) is 9.59 Å². The first-order valence-corrected chi connectivity index (χ1v) is 7.43. The van der Waals surface area contributed by atoms with Crippen molar-refractivity contribution in [3.8, 4) is 0 Å². The number of esters is 1. The fraction of sp³-hybridized carbons (Fsp3) is 0.412. The molecule has 1 N–H and O–H groups in total. The maximum Gasteiger partial charge on any atom is 0.331 e. The fourth-order valence-electron chi connectivity index (χ4n) is 1.62. The van der Waals surface area contributed by atoms with E-state index in [0.29, 0.717) is 5.02 Å². The molecule has 0 aliphatic carbocycles. The number of rotatable bonds is 4. The summed E-state index contributed by atoms with van der Waals surface area (Å²) in [6, 6.07) is 5.48. The van der Waals surface area contributed by atoms with Crippen LogP contribution in [0.5, 0.6) is 0 Å². The molecule has 0 aliphatic rings. The third kappa shape index (κ3) is 6.31. The van der Waals surface area contributed by atoms with Gasteiger partial charge in [-0.1, -0.05) is 23.7 Å². The number of benzene rings is 1. The van der Waals surface area contributed by atoms with Gasteiger partial charge in [0.25, 0.3) is 5.91 Å². The first-order chi connectivity index (χ1) is 10.1. The molecule has 1 aromatic carbocycles. The van der Waals surface area contributed by atoms with Crippen LogP contribution in [0.15, 0.2) is 24.3 Å². The average Bonchev–Trinajstić information content (AvgIpc) is 2.38. The second-order valence-electron chi connectivity index (χ2n) is 6.16. The monoisotopic (exact) mass is 323 g/mol. The van der Waals surface area contributed by atoms with Gasteiger partial charge in [0.15, 0.2) is 6.10 Å². The summed E-state index contributed by atoms with van der Waals surface area (Å²) in [6.45, 7) is 9.02. The van der Waals surface area contributed by atoms with Crippen molar-refractivity contribution in [3.63, 3.8) is 0 Å². The lowest BCUT2D eigenvalue weighted by molar-refractivity contribution is -0.150. The highest BCUT2D eigenvalue weighted by molar-refractivity contribution is 6.31. The minimum Gasteiger partial charge on any atom is -0.449 e. The molecule has 0 radical (unpaired) electrons. The SMILES string of the molecule is Cc1ccc(/C=C/C(=O)O[C@H](C)C(=O)NC(C)(C)C)cc1Cl. The fourth-order valence-corrected chi connectivity index (χ4v) is 1.80. The van der Waals surface area contributed by atoms with Gasteiger partial charge in [-0.25, -0.2) is 4.79 Å². The first kappa shape index (κ1) is 18.2. The predicted octanol–water partition coefficient (Wildman–Crippen LogP) is 3.51. The molecule has 0 aliphatic heterocycles. The number of carbonyl (C=O) groups excluding carboxylic acids is 2. The van der Waals surface area contributed by atoms with Gasteiger partial charge in [-0.2, -0.15) is 0 Å².